The smallest absolute Gasteiger partial charge is 0.303 e. The van der Waals surface area contributed by atoms with Gasteiger partial charge in [0.2, 0.25) is 0 Å². The van der Waals surface area contributed by atoms with Crippen LogP contribution in [0.5, 0.6) is 0 Å². The molecule has 0 fully saturated rings. The number of aliphatic hydroxyl groups is 6. The molecular formula is C44H64O10. The summed E-state index contributed by atoms with van der Waals surface area (Å²) in [5, 5.41) is 76.3. The molecule has 6 unspecified atom stereocenters. The van der Waals surface area contributed by atoms with E-state index >= 15 is 0 Å². The van der Waals surface area contributed by atoms with Crippen molar-refractivity contribution >= 4 is 11.9 Å². The van der Waals surface area contributed by atoms with Crippen LogP contribution in [0.3, 0.4) is 0 Å². The third-order valence-electron chi connectivity index (χ3n) is 7.94. The van der Waals surface area contributed by atoms with Gasteiger partial charge < -0.3 is 40.9 Å². The van der Waals surface area contributed by atoms with Crippen LogP contribution in [-0.2, 0) is 16.0 Å². The fourth-order valence-electron chi connectivity index (χ4n) is 4.72. The van der Waals surface area contributed by atoms with Gasteiger partial charge in [-0.15, -0.1) is 0 Å². The van der Waals surface area contributed by atoms with Gasteiger partial charge in [0.25, 0.3) is 0 Å². The van der Waals surface area contributed by atoms with Crippen molar-refractivity contribution in [2.45, 2.75) is 127 Å². The molecule has 54 heavy (non-hydrogen) atoms. The van der Waals surface area contributed by atoms with Crippen LogP contribution in [0.25, 0.3) is 0 Å². The Hall–Kier alpha value is -4.16. The predicted octanol–water partition coefficient (Wildman–Crippen LogP) is 6.70. The molecule has 0 heterocycles. The standard InChI is InChI=1S/C23H30O5.C21H34O5/c24-20(14-10-16-23(27)28)13-8-3-1-2-4-9-15-21(25)22(26)18-17-19-11-6-5-7-12-19;1-3-4-9-13-18(22)19(23)14-10-7-5-6-8-11-16-21(2,26)17-12-15-20(24)25/h1-9,11-13,15,20-22,24-26H,10,14,16-18H2,(H,27,28);5-8,10-11,14,16,18-19,22-23,26H,3-4,9,12-13,15,17H2,1-2H3,(H,24,25)/b3-1-,4-2+,13-8+,15-9+;7-5+,8-6-,14-10+,16-11+. The monoisotopic (exact) mass is 752 g/mol. The van der Waals surface area contributed by atoms with Gasteiger partial charge in [0.1, 0.15) is 0 Å². The van der Waals surface area contributed by atoms with E-state index in [9.17, 15) is 40.2 Å². The largest absolute Gasteiger partial charge is 0.481 e. The van der Waals surface area contributed by atoms with E-state index in [2.05, 4.69) is 6.92 Å². The summed E-state index contributed by atoms with van der Waals surface area (Å²) in [6.07, 6.45) is 29.8. The topological polar surface area (TPSA) is 196 Å². The molecule has 1 rings (SSSR count). The second-order valence-electron chi connectivity index (χ2n) is 13.1. The molecule has 0 aliphatic rings. The Bertz CT molecular complexity index is 1350. The average Bonchev–Trinajstić information content (AvgIpc) is 3.12. The second-order valence-corrected chi connectivity index (χ2v) is 13.1. The number of benzene rings is 1. The molecule has 1 aromatic carbocycles. The summed E-state index contributed by atoms with van der Waals surface area (Å²) in [4.78, 5) is 20.8. The molecule has 0 bridgehead atoms. The summed E-state index contributed by atoms with van der Waals surface area (Å²) >= 11 is 0. The fraction of sp³-hybridized carbons (Fsp3) is 0.455. The summed E-state index contributed by atoms with van der Waals surface area (Å²) in [5.41, 5.74) is 0.101. The number of aliphatic hydroxyl groups excluding tert-OH is 5. The highest BCUT2D eigenvalue weighted by Crippen LogP contribution is 2.15. The molecule has 8 N–H and O–H groups in total. The Morgan fingerprint density at radius 3 is 1.63 bits per heavy atom. The minimum absolute atomic E-state index is 0.0497. The molecule has 0 aliphatic carbocycles. The molecule has 0 amide bonds. The number of unbranched alkanes of at least 4 members (excludes halogenated alkanes) is 2. The maximum absolute atomic E-state index is 10.5. The van der Waals surface area contributed by atoms with Crippen LogP contribution < -0.4 is 0 Å². The normalized spacial score (nSPS) is 16.5. The fourth-order valence-corrected chi connectivity index (χ4v) is 4.72. The van der Waals surface area contributed by atoms with Crippen LogP contribution >= 0.6 is 0 Å². The highest BCUT2D eigenvalue weighted by Gasteiger charge is 2.16. The molecule has 1 aromatic rings. The molecule has 10 nitrogen and oxygen atoms in total. The lowest BCUT2D eigenvalue weighted by atomic mass is 9.98. The summed E-state index contributed by atoms with van der Waals surface area (Å²) < 4.78 is 0. The molecule has 0 radical (unpaired) electrons. The molecule has 6 atom stereocenters. The molecule has 300 valence electrons. The molecule has 0 saturated carbocycles. The van der Waals surface area contributed by atoms with Gasteiger partial charge in [0.15, 0.2) is 0 Å². The molecule has 0 aliphatic heterocycles. The van der Waals surface area contributed by atoms with Gasteiger partial charge in [0, 0.05) is 12.8 Å². The number of rotatable bonds is 27. The van der Waals surface area contributed by atoms with Gasteiger partial charge in [-0.2, -0.15) is 0 Å². The third kappa shape index (κ3) is 31.4. The van der Waals surface area contributed by atoms with E-state index in [-0.39, 0.29) is 12.8 Å². The lowest BCUT2D eigenvalue weighted by Gasteiger charge is -2.17. The third-order valence-corrected chi connectivity index (χ3v) is 7.94. The van der Waals surface area contributed by atoms with E-state index in [0.717, 1.165) is 24.8 Å². The van der Waals surface area contributed by atoms with E-state index in [1.165, 1.54) is 0 Å². The van der Waals surface area contributed by atoms with Crippen molar-refractivity contribution in [3.8, 4) is 0 Å². The van der Waals surface area contributed by atoms with Crippen molar-refractivity contribution in [1.29, 1.82) is 0 Å². The molecule has 10 heteroatoms. The van der Waals surface area contributed by atoms with Crippen LogP contribution in [-0.4, -0.2) is 88.9 Å². The van der Waals surface area contributed by atoms with E-state index in [1.807, 2.05) is 30.3 Å². The number of hydrogen-bond donors (Lipinski definition) is 8. The maximum atomic E-state index is 10.5. The van der Waals surface area contributed by atoms with Gasteiger partial charge in [-0.25, -0.2) is 0 Å². The van der Waals surface area contributed by atoms with Crippen molar-refractivity contribution < 1.29 is 50.4 Å². The Morgan fingerprint density at radius 2 is 1.09 bits per heavy atom. The second kappa shape index (κ2) is 32.3. The number of aliphatic carboxylic acids is 2. The Labute approximate surface area is 321 Å². The highest BCUT2D eigenvalue weighted by atomic mass is 16.4. The lowest BCUT2D eigenvalue weighted by molar-refractivity contribution is -0.138. The predicted molar refractivity (Wildman–Crippen MR) is 216 cm³/mol. The Balaban J connectivity index is 0.00000104. The zero-order valence-electron chi connectivity index (χ0n) is 31.9. The van der Waals surface area contributed by atoms with E-state index in [1.54, 1.807) is 104 Å². The Morgan fingerprint density at radius 1 is 0.611 bits per heavy atom. The van der Waals surface area contributed by atoms with Gasteiger partial charge in [0.05, 0.1) is 36.1 Å². The first-order valence-corrected chi connectivity index (χ1v) is 18.7. The van der Waals surface area contributed by atoms with E-state index < -0.39 is 48.1 Å². The number of carboxylic acid groups (broad SMARTS) is 2. The number of aryl methyl sites for hydroxylation is 1. The maximum Gasteiger partial charge on any atom is 0.303 e. The molecule has 0 spiro atoms. The summed E-state index contributed by atoms with van der Waals surface area (Å²) in [7, 11) is 0. The number of allylic oxidation sites excluding steroid dienone is 12. The van der Waals surface area contributed by atoms with E-state index in [4.69, 9.17) is 10.2 Å². The minimum atomic E-state index is -1.03. The van der Waals surface area contributed by atoms with Crippen LogP contribution in [0.4, 0.5) is 0 Å². The van der Waals surface area contributed by atoms with Crippen molar-refractivity contribution in [3.05, 3.63) is 133 Å². The Kier molecular flexibility index (Phi) is 29.8. The van der Waals surface area contributed by atoms with Crippen molar-refractivity contribution in [3.63, 3.8) is 0 Å². The number of carbonyl (C=O) groups is 2. The van der Waals surface area contributed by atoms with Crippen LogP contribution in [0, 0.1) is 0 Å². The average molecular weight is 753 g/mol. The quantitative estimate of drug-likeness (QED) is 0.0354. The number of hydrogen-bond acceptors (Lipinski definition) is 8. The van der Waals surface area contributed by atoms with Crippen molar-refractivity contribution in [2.75, 3.05) is 0 Å². The summed E-state index contributed by atoms with van der Waals surface area (Å²) in [5.74, 6) is -1.72. The molecule has 0 saturated heterocycles. The van der Waals surface area contributed by atoms with Gasteiger partial charge in [-0.3, -0.25) is 9.59 Å². The zero-order valence-corrected chi connectivity index (χ0v) is 31.9. The first-order valence-electron chi connectivity index (χ1n) is 18.7. The zero-order chi connectivity index (χ0) is 40.5. The van der Waals surface area contributed by atoms with Crippen LogP contribution in [0.1, 0.15) is 90.0 Å². The van der Waals surface area contributed by atoms with Gasteiger partial charge in [-0.05, 0) is 57.4 Å². The summed E-state index contributed by atoms with van der Waals surface area (Å²) in [6.45, 7) is 3.74. The van der Waals surface area contributed by atoms with Gasteiger partial charge in [-0.1, -0.05) is 154 Å². The van der Waals surface area contributed by atoms with Crippen molar-refractivity contribution in [1.82, 2.24) is 0 Å². The minimum Gasteiger partial charge on any atom is -0.481 e. The SMILES string of the molecule is CCCCCC(O)C(O)/C=C/C=C/C=C\C=C\C(C)(O)CCCC(=O)O.O=C(O)CCCC(O)/C=C/C=C\C=C\C=C\C(O)C(O)CCc1ccccc1. The van der Waals surface area contributed by atoms with E-state index in [0.29, 0.717) is 44.9 Å². The number of carboxylic acids is 2. The first-order chi connectivity index (χ1) is 25.8. The van der Waals surface area contributed by atoms with Crippen LogP contribution in [0.2, 0.25) is 0 Å². The highest BCUT2D eigenvalue weighted by molar-refractivity contribution is 5.66. The molecular weight excluding hydrogens is 688 g/mol. The lowest BCUT2D eigenvalue weighted by Crippen LogP contribution is -2.24. The first kappa shape index (κ1) is 49.8. The summed E-state index contributed by atoms with van der Waals surface area (Å²) in [6, 6.07) is 9.83. The van der Waals surface area contributed by atoms with Crippen LogP contribution in [0.15, 0.2) is 128 Å². The van der Waals surface area contributed by atoms with Crippen molar-refractivity contribution in [2.24, 2.45) is 0 Å². The van der Waals surface area contributed by atoms with Gasteiger partial charge >= 0.3 is 11.9 Å². The molecule has 0 aromatic heterocycles.